The Morgan fingerprint density at radius 3 is 2.78 bits per heavy atom. The molecule has 27 heavy (non-hydrogen) atoms. The molecule has 1 atom stereocenters. The fourth-order valence-electron chi connectivity index (χ4n) is 3.38. The molecule has 0 unspecified atom stereocenters. The molecule has 2 amide bonds. The van der Waals surface area contributed by atoms with E-state index in [9.17, 15) is 9.59 Å². The molecule has 1 fully saturated rings. The van der Waals surface area contributed by atoms with Crippen molar-refractivity contribution in [1.29, 1.82) is 0 Å². The van der Waals surface area contributed by atoms with Gasteiger partial charge in [-0.1, -0.05) is 25.0 Å². The van der Waals surface area contributed by atoms with Gasteiger partial charge in [-0.25, -0.2) is 0 Å². The highest BCUT2D eigenvalue weighted by Gasteiger charge is 2.27. The first-order chi connectivity index (χ1) is 13.2. The van der Waals surface area contributed by atoms with E-state index in [1.165, 1.54) is 23.7 Å². The predicted octanol–water partition coefficient (Wildman–Crippen LogP) is 1.72. The van der Waals surface area contributed by atoms with Crippen molar-refractivity contribution in [3.63, 3.8) is 0 Å². The van der Waals surface area contributed by atoms with Crippen molar-refractivity contribution in [2.75, 3.05) is 11.9 Å². The van der Waals surface area contributed by atoms with Crippen LogP contribution >= 0.6 is 0 Å². The van der Waals surface area contributed by atoms with Crippen LogP contribution in [0.2, 0.25) is 0 Å². The van der Waals surface area contributed by atoms with Gasteiger partial charge < -0.3 is 20.1 Å². The van der Waals surface area contributed by atoms with Gasteiger partial charge in [0.2, 0.25) is 12.0 Å². The zero-order valence-corrected chi connectivity index (χ0v) is 14.9. The van der Waals surface area contributed by atoms with E-state index >= 15 is 0 Å². The van der Waals surface area contributed by atoms with Crippen LogP contribution in [0.25, 0.3) is 0 Å². The van der Waals surface area contributed by atoms with Gasteiger partial charge in [0.1, 0.15) is 13.2 Å². The number of nitrogens with zero attached hydrogens (tertiary/aromatic N) is 2. The Hall–Kier alpha value is -3.03. The van der Waals surface area contributed by atoms with Crippen LogP contribution in [-0.2, 0) is 16.1 Å². The molecule has 2 aliphatic rings. The second-order valence-electron chi connectivity index (χ2n) is 6.83. The molecular weight excluding hydrogens is 348 g/mol. The van der Waals surface area contributed by atoms with Crippen molar-refractivity contribution in [2.24, 2.45) is 0 Å². The van der Waals surface area contributed by atoms with Gasteiger partial charge in [0.15, 0.2) is 11.5 Å². The summed E-state index contributed by atoms with van der Waals surface area (Å²) in [5, 5.41) is 9.90. The quantitative estimate of drug-likeness (QED) is 0.836. The molecule has 1 aliphatic carbocycles. The van der Waals surface area contributed by atoms with Crippen molar-refractivity contribution in [3.8, 4) is 11.5 Å². The summed E-state index contributed by atoms with van der Waals surface area (Å²) in [5.41, 5.74) is 0.510. The predicted molar refractivity (Wildman–Crippen MR) is 97.6 cm³/mol. The van der Waals surface area contributed by atoms with Gasteiger partial charge in [0, 0.05) is 12.2 Å². The molecule has 1 aromatic heterocycles. The average molecular weight is 370 g/mol. The van der Waals surface area contributed by atoms with Crippen molar-refractivity contribution >= 4 is 17.5 Å². The lowest BCUT2D eigenvalue weighted by molar-refractivity contribution is -0.125. The number of carbonyl (C=O) groups excluding carboxylic acids is 2. The molecule has 2 aromatic rings. The maximum atomic E-state index is 12.4. The maximum Gasteiger partial charge on any atom is 0.269 e. The molecule has 0 spiro atoms. The molecule has 1 saturated carbocycles. The summed E-state index contributed by atoms with van der Waals surface area (Å²) < 4.78 is 12.7. The van der Waals surface area contributed by atoms with Gasteiger partial charge in [-0.2, -0.15) is 5.10 Å². The molecule has 1 aromatic carbocycles. The molecule has 0 saturated heterocycles. The van der Waals surface area contributed by atoms with Crippen LogP contribution in [0.15, 0.2) is 36.7 Å². The highest BCUT2D eigenvalue weighted by Crippen LogP contribution is 2.31. The van der Waals surface area contributed by atoms with Gasteiger partial charge in [-0.05, 0) is 25.0 Å². The summed E-state index contributed by atoms with van der Waals surface area (Å²) in [6, 6.07) is 7.50. The maximum absolute atomic E-state index is 12.4. The number of amides is 2. The minimum absolute atomic E-state index is 0.0662. The largest absolute Gasteiger partial charge is 0.485 e. The van der Waals surface area contributed by atoms with E-state index in [4.69, 9.17) is 9.47 Å². The zero-order valence-electron chi connectivity index (χ0n) is 14.9. The van der Waals surface area contributed by atoms with E-state index < -0.39 is 6.10 Å². The van der Waals surface area contributed by atoms with Crippen molar-refractivity contribution in [2.45, 2.75) is 44.4 Å². The Kier molecular flexibility index (Phi) is 4.95. The minimum atomic E-state index is -0.742. The van der Waals surface area contributed by atoms with Crippen molar-refractivity contribution in [3.05, 3.63) is 36.7 Å². The number of hydrogen-bond donors (Lipinski definition) is 2. The van der Waals surface area contributed by atoms with Crippen LogP contribution in [0.4, 0.5) is 5.69 Å². The number of carbonyl (C=O) groups is 2. The summed E-state index contributed by atoms with van der Waals surface area (Å²) in [4.78, 5) is 24.5. The number of benzene rings is 1. The second kappa shape index (κ2) is 7.69. The third-order valence-electron chi connectivity index (χ3n) is 4.73. The van der Waals surface area contributed by atoms with Crippen molar-refractivity contribution in [1.82, 2.24) is 15.1 Å². The molecule has 142 valence electrons. The van der Waals surface area contributed by atoms with E-state index in [0.717, 1.165) is 12.8 Å². The molecule has 8 heteroatoms. The Bertz CT molecular complexity index is 829. The summed E-state index contributed by atoms with van der Waals surface area (Å²) in [7, 11) is 0. The van der Waals surface area contributed by atoms with E-state index in [2.05, 4.69) is 15.7 Å². The molecule has 8 nitrogen and oxygen atoms in total. The van der Waals surface area contributed by atoms with Crippen LogP contribution < -0.4 is 20.1 Å². The van der Waals surface area contributed by atoms with E-state index in [0.29, 0.717) is 17.2 Å². The third kappa shape index (κ3) is 4.21. The van der Waals surface area contributed by atoms with Gasteiger partial charge in [0.25, 0.3) is 5.91 Å². The van der Waals surface area contributed by atoms with Crippen LogP contribution in [0.5, 0.6) is 11.5 Å². The summed E-state index contributed by atoms with van der Waals surface area (Å²) in [6.07, 6.45) is 6.81. The van der Waals surface area contributed by atoms with Crippen LogP contribution in [0, 0.1) is 0 Å². The number of nitrogens with one attached hydrogen (secondary N) is 2. The number of hydrogen-bond acceptors (Lipinski definition) is 5. The third-order valence-corrected chi connectivity index (χ3v) is 4.73. The molecule has 0 radical (unpaired) electrons. The lowest BCUT2D eigenvalue weighted by atomic mass is 10.2. The Morgan fingerprint density at radius 1 is 1.19 bits per heavy atom. The average Bonchev–Trinajstić information content (AvgIpc) is 3.33. The molecular formula is C19H22N4O4. The smallest absolute Gasteiger partial charge is 0.269 e. The summed E-state index contributed by atoms with van der Waals surface area (Å²) in [6.45, 7) is 0.267. The first-order valence-corrected chi connectivity index (χ1v) is 9.18. The topological polar surface area (TPSA) is 94.5 Å². The van der Waals surface area contributed by atoms with E-state index in [1.807, 2.05) is 12.1 Å². The molecule has 2 heterocycles. The number of fused-ring (bicyclic) bond motifs is 1. The fraction of sp³-hybridized carbons (Fsp3) is 0.421. The number of rotatable bonds is 5. The SMILES string of the molecule is O=C(Cn1cc(NC(=O)[C@@H]2COc3ccccc3O2)cn1)NC1CCCC1. The number of para-hydroxylation sites is 2. The van der Waals surface area contributed by atoms with Gasteiger partial charge >= 0.3 is 0 Å². The van der Waals surface area contributed by atoms with Crippen LogP contribution in [-0.4, -0.2) is 40.3 Å². The summed E-state index contributed by atoms with van der Waals surface area (Å²) >= 11 is 0. The fourth-order valence-corrected chi connectivity index (χ4v) is 3.38. The second-order valence-corrected chi connectivity index (χ2v) is 6.83. The summed E-state index contributed by atoms with van der Waals surface area (Å²) in [5.74, 6) is 0.786. The Balaban J connectivity index is 1.30. The van der Waals surface area contributed by atoms with E-state index in [1.54, 1.807) is 18.3 Å². The standard InChI is InChI=1S/C19H22N4O4/c24-18(21-13-5-1-2-6-13)11-23-10-14(9-20-23)22-19(25)17-12-26-15-7-3-4-8-16(15)27-17/h3-4,7-10,13,17H,1-2,5-6,11-12H2,(H,21,24)(H,22,25)/t17-/m0/s1. The molecule has 0 bridgehead atoms. The minimum Gasteiger partial charge on any atom is -0.485 e. The Morgan fingerprint density at radius 2 is 1.96 bits per heavy atom. The number of aromatic nitrogens is 2. The monoisotopic (exact) mass is 370 g/mol. The highest BCUT2D eigenvalue weighted by atomic mass is 16.6. The van der Waals surface area contributed by atoms with Crippen molar-refractivity contribution < 1.29 is 19.1 Å². The number of anilines is 1. The lowest BCUT2D eigenvalue weighted by Crippen LogP contribution is -2.40. The van der Waals surface area contributed by atoms with E-state index in [-0.39, 0.29) is 31.0 Å². The lowest BCUT2D eigenvalue weighted by Gasteiger charge is -2.25. The molecule has 2 N–H and O–H groups in total. The molecule has 1 aliphatic heterocycles. The highest BCUT2D eigenvalue weighted by molar-refractivity contribution is 5.94. The zero-order chi connectivity index (χ0) is 18.6. The van der Waals surface area contributed by atoms with Crippen LogP contribution in [0.3, 0.4) is 0 Å². The first kappa shape index (κ1) is 17.4. The van der Waals surface area contributed by atoms with Gasteiger partial charge in [-0.3, -0.25) is 14.3 Å². The molecule has 4 rings (SSSR count). The number of ether oxygens (including phenoxy) is 2. The first-order valence-electron chi connectivity index (χ1n) is 9.18. The van der Waals surface area contributed by atoms with Gasteiger partial charge in [0.05, 0.1) is 11.9 Å². The van der Waals surface area contributed by atoms with Gasteiger partial charge in [-0.15, -0.1) is 0 Å². The normalized spacial score (nSPS) is 18.9. The van der Waals surface area contributed by atoms with Crippen LogP contribution in [0.1, 0.15) is 25.7 Å². The Labute approximate surface area is 156 Å².